The highest BCUT2D eigenvalue weighted by atomic mass is 16.5. The third kappa shape index (κ3) is 5.48. The van der Waals surface area contributed by atoms with E-state index in [2.05, 4.69) is 34.5 Å². The predicted molar refractivity (Wildman–Crippen MR) is 83.9 cm³/mol. The molecule has 1 heterocycles. The first kappa shape index (κ1) is 16.0. The molecule has 0 aliphatic carbocycles. The highest BCUT2D eigenvalue weighted by molar-refractivity contribution is 5.78. The Kier molecular flexibility index (Phi) is 6.70. The molecule has 1 aliphatic heterocycles. The summed E-state index contributed by atoms with van der Waals surface area (Å²) in [5, 5.41) is 3.03. The maximum Gasteiger partial charge on any atom is 0.224 e. The van der Waals surface area contributed by atoms with E-state index in [-0.39, 0.29) is 11.8 Å². The monoisotopic (exact) mass is 290 g/mol. The van der Waals surface area contributed by atoms with Gasteiger partial charge in [0.1, 0.15) is 0 Å². The second-order valence-corrected chi connectivity index (χ2v) is 5.70. The minimum atomic E-state index is 0.130. The SMILES string of the molecule is COCCCNC(=O)[C@H]1CCCN(Cc2ccccc2)C1. The Morgan fingerprint density at radius 1 is 1.38 bits per heavy atom. The molecule has 1 aromatic carbocycles. The number of nitrogens with zero attached hydrogens (tertiary/aromatic N) is 1. The van der Waals surface area contributed by atoms with Gasteiger partial charge in [0.25, 0.3) is 0 Å². The van der Waals surface area contributed by atoms with Crippen molar-refractivity contribution in [2.75, 3.05) is 33.4 Å². The van der Waals surface area contributed by atoms with Crippen LogP contribution in [0.15, 0.2) is 30.3 Å². The van der Waals surface area contributed by atoms with Crippen LogP contribution in [-0.4, -0.2) is 44.2 Å². The smallest absolute Gasteiger partial charge is 0.224 e. The van der Waals surface area contributed by atoms with Crippen LogP contribution in [0.3, 0.4) is 0 Å². The molecule has 1 amide bonds. The average Bonchev–Trinajstić information content (AvgIpc) is 2.53. The third-order valence-electron chi connectivity index (χ3n) is 3.95. The van der Waals surface area contributed by atoms with E-state index in [4.69, 9.17) is 4.74 Å². The van der Waals surface area contributed by atoms with Gasteiger partial charge in [0.2, 0.25) is 5.91 Å². The van der Waals surface area contributed by atoms with Crippen molar-refractivity contribution < 1.29 is 9.53 Å². The Morgan fingerprint density at radius 2 is 2.19 bits per heavy atom. The van der Waals surface area contributed by atoms with Gasteiger partial charge >= 0.3 is 0 Å². The number of ether oxygens (including phenoxy) is 1. The van der Waals surface area contributed by atoms with Crippen molar-refractivity contribution in [2.24, 2.45) is 5.92 Å². The molecular weight excluding hydrogens is 264 g/mol. The number of hydrogen-bond acceptors (Lipinski definition) is 3. The van der Waals surface area contributed by atoms with Crippen molar-refractivity contribution in [1.82, 2.24) is 10.2 Å². The summed E-state index contributed by atoms with van der Waals surface area (Å²) in [5.74, 6) is 0.328. The molecular formula is C17H26N2O2. The van der Waals surface area contributed by atoms with Crippen LogP contribution in [-0.2, 0) is 16.1 Å². The van der Waals surface area contributed by atoms with Crippen molar-refractivity contribution in [3.05, 3.63) is 35.9 Å². The summed E-state index contributed by atoms with van der Waals surface area (Å²) in [6.07, 6.45) is 2.98. The van der Waals surface area contributed by atoms with Gasteiger partial charge in [-0.1, -0.05) is 30.3 Å². The van der Waals surface area contributed by atoms with Gasteiger partial charge < -0.3 is 10.1 Å². The lowest BCUT2D eigenvalue weighted by Crippen LogP contribution is -2.43. The Hall–Kier alpha value is -1.39. The van der Waals surface area contributed by atoms with Crippen LogP contribution in [0.2, 0.25) is 0 Å². The van der Waals surface area contributed by atoms with Crippen molar-refractivity contribution >= 4 is 5.91 Å². The van der Waals surface area contributed by atoms with Gasteiger partial charge in [0, 0.05) is 33.4 Å². The van der Waals surface area contributed by atoms with E-state index >= 15 is 0 Å². The number of amides is 1. The van der Waals surface area contributed by atoms with E-state index < -0.39 is 0 Å². The first-order valence-electron chi connectivity index (χ1n) is 7.82. The number of benzene rings is 1. The molecule has 1 N–H and O–H groups in total. The van der Waals surface area contributed by atoms with Gasteiger partial charge in [-0.05, 0) is 31.4 Å². The van der Waals surface area contributed by atoms with E-state index in [1.165, 1.54) is 5.56 Å². The maximum absolute atomic E-state index is 12.2. The first-order valence-corrected chi connectivity index (χ1v) is 7.82. The summed E-state index contributed by atoms with van der Waals surface area (Å²) in [5.41, 5.74) is 1.32. The summed E-state index contributed by atoms with van der Waals surface area (Å²) in [7, 11) is 1.68. The lowest BCUT2D eigenvalue weighted by atomic mass is 9.96. The van der Waals surface area contributed by atoms with Crippen molar-refractivity contribution in [1.29, 1.82) is 0 Å². The molecule has 0 aromatic heterocycles. The Labute approximate surface area is 127 Å². The largest absolute Gasteiger partial charge is 0.385 e. The minimum absolute atomic E-state index is 0.130. The molecule has 4 nitrogen and oxygen atoms in total. The number of hydrogen-bond donors (Lipinski definition) is 1. The average molecular weight is 290 g/mol. The van der Waals surface area contributed by atoms with Gasteiger partial charge in [-0.3, -0.25) is 9.69 Å². The van der Waals surface area contributed by atoms with Crippen molar-refractivity contribution in [3.63, 3.8) is 0 Å². The predicted octanol–water partition coefficient (Wildman–Crippen LogP) is 2.05. The van der Waals surface area contributed by atoms with Gasteiger partial charge in [-0.25, -0.2) is 0 Å². The van der Waals surface area contributed by atoms with Crippen LogP contribution < -0.4 is 5.32 Å². The Balaban J connectivity index is 1.76. The third-order valence-corrected chi connectivity index (χ3v) is 3.95. The highest BCUT2D eigenvalue weighted by Gasteiger charge is 2.25. The molecule has 21 heavy (non-hydrogen) atoms. The van der Waals surface area contributed by atoms with E-state index in [9.17, 15) is 4.79 Å². The lowest BCUT2D eigenvalue weighted by Gasteiger charge is -2.32. The summed E-state index contributed by atoms with van der Waals surface area (Å²) in [4.78, 5) is 14.6. The summed E-state index contributed by atoms with van der Waals surface area (Å²) in [6.45, 7) is 4.30. The lowest BCUT2D eigenvalue weighted by molar-refractivity contribution is -0.126. The summed E-state index contributed by atoms with van der Waals surface area (Å²) < 4.78 is 4.99. The molecule has 1 aliphatic rings. The van der Waals surface area contributed by atoms with E-state index in [1.807, 2.05) is 6.07 Å². The normalized spacial score (nSPS) is 19.4. The zero-order valence-electron chi connectivity index (χ0n) is 12.9. The summed E-state index contributed by atoms with van der Waals surface area (Å²) in [6, 6.07) is 10.5. The zero-order valence-corrected chi connectivity index (χ0v) is 12.9. The standard InChI is InChI=1S/C17H26N2O2/c1-21-12-6-10-18-17(20)16-9-5-11-19(14-16)13-15-7-3-2-4-8-15/h2-4,7-8,16H,5-6,9-14H2,1H3,(H,18,20)/t16-/m0/s1. The topological polar surface area (TPSA) is 41.6 Å². The molecule has 116 valence electrons. The Morgan fingerprint density at radius 3 is 2.95 bits per heavy atom. The zero-order chi connectivity index (χ0) is 14.9. The van der Waals surface area contributed by atoms with E-state index in [0.717, 1.165) is 38.9 Å². The molecule has 4 heteroatoms. The van der Waals surface area contributed by atoms with Gasteiger partial charge in [0.05, 0.1) is 5.92 Å². The second-order valence-electron chi connectivity index (χ2n) is 5.70. The Bertz CT molecular complexity index is 422. The van der Waals surface area contributed by atoms with Gasteiger partial charge in [0.15, 0.2) is 0 Å². The van der Waals surface area contributed by atoms with Gasteiger partial charge in [-0.2, -0.15) is 0 Å². The number of rotatable bonds is 7. The number of nitrogens with one attached hydrogen (secondary N) is 1. The quantitative estimate of drug-likeness (QED) is 0.782. The molecule has 1 saturated heterocycles. The first-order chi connectivity index (χ1) is 10.3. The van der Waals surface area contributed by atoms with Gasteiger partial charge in [-0.15, -0.1) is 0 Å². The number of methoxy groups -OCH3 is 1. The molecule has 0 unspecified atom stereocenters. The fourth-order valence-electron chi connectivity index (χ4n) is 2.83. The molecule has 0 spiro atoms. The number of likely N-dealkylation sites (tertiary alicyclic amines) is 1. The molecule has 0 bridgehead atoms. The van der Waals surface area contributed by atoms with Crippen LogP contribution in [0.4, 0.5) is 0 Å². The highest BCUT2D eigenvalue weighted by Crippen LogP contribution is 2.18. The van der Waals surface area contributed by atoms with E-state index in [1.54, 1.807) is 7.11 Å². The molecule has 1 fully saturated rings. The number of carbonyl (C=O) groups is 1. The van der Waals surface area contributed by atoms with Crippen LogP contribution in [0.1, 0.15) is 24.8 Å². The second kappa shape index (κ2) is 8.80. The van der Waals surface area contributed by atoms with Crippen LogP contribution in [0.25, 0.3) is 0 Å². The maximum atomic E-state index is 12.2. The molecule has 1 atom stereocenters. The van der Waals surface area contributed by atoms with E-state index in [0.29, 0.717) is 13.2 Å². The van der Waals surface area contributed by atoms with Crippen LogP contribution >= 0.6 is 0 Å². The minimum Gasteiger partial charge on any atom is -0.385 e. The molecule has 0 radical (unpaired) electrons. The number of carbonyl (C=O) groups excluding carboxylic acids is 1. The van der Waals surface area contributed by atoms with Crippen molar-refractivity contribution in [3.8, 4) is 0 Å². The fourth-order valence-corrected chi connectivity index (χ4v) is 2.83. The fraction of sp³-hybridized carbons (Fsp3) is 0.588. The number of piperidine rings is 1. The van der Waals surface area contributed by atoms with Crippen molar-refractivity contribution in [2.45, 2.75) is 25.8 Å². The van der Waals surface area contributed by atoms with Crippen LogP contribution in [0, 0.1) is 5.92 Å². The summed E-state index contributed by atoms with van der Waals surface area (Å²) >= 11 is 0. The van der Waals surface area contributed by atoms with Crippen LogP contribution in [0.5, 0.6) is 0 Å². The molecule has 0 saturated carbocycles. The molecule has 1 aromatic rings. The molecule has 2 rings (SSSR count).